The quantitative estimate of drug-likeness (QED) is 0.472. The van der Waals surface area contributed by atoms with E-state index in [9.17, 15) is 21.6 Å². The van der Waals surface area contributed by atoms with Gasteiger partial charge < -0.3 is 0 Å². The van der Waals surface area contributed by atoms with E-state index in [1.165, 1.54) is 6.07 Å². The number of hydrogen-bond acceptors (Lipinski definition) is 3. The zero-order valence-electron chi connectivity index (χ0n) is 17.1. The first-order valence-corrected chi connectivity index (χ1v) is 11.5. The first-order chi connectivity index (χ1) is 13.9. The van der Waals surface area contributed by atoms with Crippen molar-refractivity contribution in [3.05, 3.63) is 59.1 Å². The largest absolute Gasteiger partial charge is 0.434 e. The van der Waals surface area contributed by atoms with E-state index in [1.807, 2.05) is 13.8 Å². The van der Waals surface area contributed by atoms with E-state index in [-0.39, 0.29) is 10.8 Å². The van der Waals surface area contributed by atoms with Gasteiger partial charge in [-0.25, -0.2) is 8.42 Å². The summed E-state index contributed by atoms with van der Waals surface area (Å²) in [5.41, 5.74) is 1.25. The molecule has 3 nitrogen and oxygen atoms in total. The Hall–Kier alpha value is -2.12. The summed E-state index contributed by atoms with van der Waals surface area (Å²) in [5.74, 6) is -0.226. The van der Waals surface area contributed by atoms with E-state index >= 15 is 0 Å². The Kier molecular flexibility index (Phi) is 7.53. The Morgan fingerprint density at radius 1 is 1.10 bits per heavy atom. The molecule has 0 amide bonds. The van der Waals surface area contributed by atoms with E-state index in [2.05, 4.69) is 4.99 Å². The Bertz CT molecular complexity index is 1070. The van der Waals surface area contributed by atoms with Crippen LogP contribution < -0.4 is 0 Å². The van der Waals surface area contributed by atoms with E-state index in [0.717, 1.165) is 18.9 Å². The summed E-state index contributed by atoms with van der Waals surface area (Å²) in [4.78, 5) is 3.56. The van der Waals surface area contributed by atoms with Crippen molar-refractivity contribution in [2.45, 2.75) is 31.3 Å². The molecule has 0 aliphatic carbocycles. The lowest BCUT2D eigenvalue weighted by atomic mass is 9.89. The zero-order chi connectivity index (χ0) is 22.7. The maximum absolute atomic E-state index is 13.3. The van der Waals surface area contributed by atoms with Gasteiger partial charge in [0, 0.05) is 13.3 Å². The van der Waals surface area contributed by atoms with Gasteiger partial charge in [0.15, 0.2) is 15.5 Å². The van der Waals surface area contributed by atoms with Crippen LogP contribution in [0.2, 0.25) is 0 Å². The second kappa shape index (κ2) is 9.35. The molecule has 0 bridgehead atoms. The molecule has 0 unspecified atom stereocenters. The van der Waals surface area contributed by atoms with Crippen molar-refractivity contribution in [2.24, 2.45) is 10.9 Å². The first-order valence-electron chi connectivity index (χ1n) is 9.25. The van der Waals surface area contributed by atoms with Gasteiger partial charge in [-0.2, -0.15) is 13.2 Å². The highest BCUT2D eigenvalue weighted by molar-refractivity contribution is 7.90. The third-order valence-corrected chi connectivity index (χ3v) is 6.33. The van der Waals surface area contributed by atoms with Crippen molar-refractivity contribution in [2.75, 3.05) is 13.3 Å². The van der Waals surface area contributed by atoms with Crippen LogP contribution in [-0.2, 0) is 9.84 Å². The smallest absolute Gasteiger partial charge is 0.283 e. The van der Waals surface area contributed by atoms with Crippen LogP contribution in [0.5, 0.6) is 0 Å². The van der Waals surface area contributed by atoms with E-state index < -0.39 is 26.8 Å². The SMILES string of the molecule is CC[C@@H](C)/C(=C(Cl)\C(=N/C)C(F)(F)F)c1ccc(-c2cccc(S(C)(=O)=O)c2)cc1. The normalized spacial score (nSPS) is 15.0. The van der Waals surface area contributed by atoms with Crippen LogP contribution in [0.3, 0.4) is 0 Å². The first kappa shape index (κ1) is 24.2. The number of aliphatic imine (C=N–C) groups is 1. The summed E-state index contributed by atoms with van der Waals surface area (Å²) in [6, 6.07) is 13.3. The lowest BCUT2D eigenvalue weighted by Crippen LogP contribution is -2.24. The van der Waals surface area contributed by atoms with E-state index in [1.54, 1.807) is 42.5 Å². The van der Waals surface area contributed by atoms with Crippen molar-refractivity contribution in [3.63, 3.8) is 0 Å². The summed E-state index contributed by atoms with van der Waals surface area (Å²) in [6.45, 7) is 3.68. The Labute approximate surface area is 180 Å². The molecule has 162 valence electrons. The van der Waals surface area contributed by atoms with Crippen molar-refractivity contribution in [3.8, 4) is 11.1 Å². The summed E-state index contributed by atoms with van der Waals surface area (Å²) in [7, 11) is -2.29. The lowest BCUT2D eigenvalue weighted by molar-refractivity contribution is -0.0579. The maximum Gasteiger partial charge on any atom is 0.434 e. The molecule has 0 aliphatic heterocycles. The minimum Gasteiger partial charge on any atom is -0.283 e. The fourth-order valence-corrected chi connectivity index (χ4v) is 4.21. The van der Waals surface area contributed by atoms with E-state index in [4.69, 9.17) is 11.6 Å². The van der Waals surface area contributed by atoms with Gasteiger partial charge in [0.2, 0.25) is 0 Å². The van der Waals surface area contributed by atoms with Crippen molar-refractivity contribution >= 4 is 32.7 Å². The van der Waals surface area contributed by atoms with Crippen molar-refractivity contribution in [1.29, 1.82) is 0 Å². The molecule has 1 atom stereocenters. The molecule has 2 aromatic rings. The third kappa shape index (κ3) is 5.52. The molecular formula is C22H23ClF3NO2S. The molecule has 0 radical (unpaired) electrons. The van der Waals surface area contributed by atoms with E-state index in [0.29, 0.717) is 23.1 Å². The number of hydrogen-bond donors (Lipinski definition) is 0. The highest BCUT2D eigenvalue weighted by Crippen LogP contribution is 2.36. The zero-order valence-corrected chi connectivity index (χ0v) is 18.7. The monoisotopic (exact) mass is 457 g/mol. The van der Waals surface area contributed by atoms with Gasteiger partial charge in [0.05, 0.1) is 9.93 Å². The number of allylic oxidation sites excluding steroid dienone is 2. The fourth-order valence-electron chi connectivity index (χ4n) is 3.06. The molecule has 0 saturated heterocycles. The summed E-state index contributed by atoms with van der Waals surface area (Å²) >= 11 is 6.20. The summed E-state index contributed by atoms with van der Waals surface area (Å²) in [6.07, 6.45) is -2.93. The number of rotatable bonds is 6. The Balaban J connectivity index is 2.56. The molecule has 0 N–H and O–H groups in total. The average molecular weight is 458 g/mol. The second-order valence-corrected chi connectivity index (χ2v) is 9.38. The minimum atomic E-state index is -4.66. The number of nitrogens with zero attached hydrogens (tertiary/aromatic N) is 1. The lowest BCUT2D eigenvalue weighted by Gasteiger charge is -2.20. The molecule has 0 aromatic heterocycles. The van der Waals surface area contributed by atoms with Gasteiger partial charge in [-0.1, -0.05) is 61.8 Å². The molecular weight excluding hydrogens is 435 g/mol. The van der Waals surface area contributed by atoms with Gasteiger partial charge in [0.25, 0.3) is 0 Å². The molecule has 2 aromatic carbocycles. The molecule has 0 aliphatic rings. The van der Waals surface area contributed by atoms with Gasteiger partial charge in [0.1, 0.15) is 0 Å². The fraction of sp³-hybridized carbons (Fsp3) is 0.318. The number of sulfone groups is 1. The summed E-state index contributed by atoms with van der Waals surface area (Å²) in [5, 5.41) is -0.411. The van der Waals surface area contributed by atoms with Crippen LogP contribution in [-0.4, -0.2) is 33.6 Å². The predicted octanol–water partition coefficient (Wildman–Crippen LogP) is 6.39. The third-order valence-electron chi connectivity index (χ3n) is 4.83. The molecule has 8 heteroatoms. The van der Waals surface area contributed by atoms with Gasteiger partial charge in [-0.15, -0.1) is 0 Å². The Morgan fingerprint density at radius 2 is 1.70 bits per heavy atom. The van der Waals surface area contributed by atoms with Gasteiger partial charge in [-0.3, -0.25) is 4.99 Å². The molecule has 0 saturated carbocycles. The van der Waals surface area contributed by atoms with Crippen molar-refractivity contribution in [1.82, 2.24) is 0 Å². The molecule has 0 heterocycles. The van der Waals surface area contributed by atoms with Crippen LogP contribution in [0.25, 0.3) is 16.7 Å². The van der Waals surface area contributed by atoms with Crippen LogP contribution in [0.1, 0.15) is 25.8 Å². The second-order valence-electron chi connectivity index (χ2n) is 6.98. The standard InChI is InChI=1S/C22H23ClF3NO2S/c1-5-14(2)19(20(23)21(27-3)22(24,25)26)16-11-9-15(10-12-16)17-7-6-8-18(13-17)30(4,28)29/h6-14H,5H2,1-4H3/b20-19-,27-21+/t14-/m1/s1. The molecule has 2 rings (SSSR count). The molecule has 0 spiro atoms. The maximum atomic E-state index is 13.3. The van der Waals surface area contributed by atoms with Crippen LogP contribution in [0.4, 0.5) is 13.2 Å². The average Bonchev–Trinajstić information content (AvgIpc) is 2.67. The highest BCUT2D eigenvalue weighted by atomic mass is 35.5. The Morgan fingerprint density at radius 3 is 2.17 bits per heavy atom. The topological polar surface area (TPSA) is 46.5 Å². The number of benzene rings is 2. The predicted molar refractivity (Wildman–Crippen MR) is 117 cm³/mol. The number of alkyl halides is 3. The van der Waals surface area contributed by atoms with Crippen molar-refractivity contribution < 1.29 is 21.6 Å². The van der Waals surface area contributed by atoms with Gasteiger partial charge >= 0.3 is 6.18 Å². The highest BCUT2D eigenvalue weighted by Gasteiger charge is 2.38. The molecule has 30 heavy (non-hydrogen) atoms. The number of halogens is 4. The van der Waals surface area contributed by atoms with Crippen LogP contribution >= 0.6 is 11.6 Å². The van der Waals surface area contributed by atoms with Gasteiger partial charge in [-0.05, 0) is 46.7 Å². The minimum absolute atomic E-state index is 0.196. The van der Waals surface area contributed by atoms with Crippen LogP contribution in [0.15, 0.2) is 63.5 Å². The molecule has 0 fully saturated rings. The van der Waals surface area contributed by atoms with Crippen LogP contribution in [0, 0.1) is 5.92 Å². The summed E-state index contributed by atoms with van der Waals surface area (Å²) < 4.78 is 63.6.